The number of rotatable bonds is 5. The van der Waals surface area contributed by atoms with Crippen LogP contribution in [-0.2, 0) is 4.79 Å². The molecule has 0 atom stereocenters. The first-order valence-electron chi connectivity index (χ1n) is 9.22. The molecule has 30 heavy (non-hydrogen) atoms. The summed E-state index contributed by atoms with van der Waals surface area (Å²) in [5.74, 6) is 1.43. The Labute approximate surface area is 175 Å². The predicted molar refractivity (Wildman–Crippen MR) is 118 cm³/mol. The monoisotopic (exact) mass is 416 g/mol. The summed E-state index contributed by atoms with van der Waals surface area (Å²) in [7, 11) is 0. The van der Waals surface area contributed by atoms with E-state index in [9.17, 15) is 9.59 Å². The highest BCUT2D eigenvalue weighted by Gasteiger charge is 2.31. The Kier molecular flexibility index (Phi) is 4.33. The second-order valence-corrected chi connectivity index (χ2v) is 7.71. The Bertz CT molecular complexity index is 1290. The van der Waals surface area contributed by atoms with E-state index in [0.717, 1.165) is 27.2 Å². The van der Waals surface area contributed by atoms with Crippen molar-refractivity contribution in [2.75, 3.05) is 15.5 Å². The molecule has 3 amide bonds. The largest absolute Gasteiger partial charge is 0.457 e. The molecule has 0 spiro atoms. The standard InChI is InChI=1S/C22H16N4O3S/c1-13-11-15(29-14-5-3-2-4-6-14)7-8-16(13)26-17-9-10-23-20-18(17)19(25-22(26)28)21(30-20)24-12-27/h2-12H,1H3,(H,24,27)(H,25,28). The maximum atomic E-state index is 13.0. The summed E-state index contributed by atoms with van der Waals surface area (Å²) < 4.78 is 5.90. The molecule has 0 saturated carbocycles. The van der Waals surface area contributed by atoms with Gasteiger partial charge in [0.1, 0.15) is 21.3 Å². The molecule has 2 aromatic carbocycles. The summed E-state index contributed by atoms with van der Waals surface area (Å²) in [5, 5.41) is 6.90. The molecule has 3 heterocycles. The fourth-order valence-corrected chi connectivity index (χ4v) is 4.52. The fraction of sp³-hybridized carbons (Fsp3) is 0.0455. The normalized spacial score (nSPS) is 12.6. The third-order valence-corrected chi connectivity index (χ3v) is 5.85. The van der Waals surface area contributed by atoms with E-state index in [-0.39, 0.29) is 6.03 Å². The highest BCUT2D eigenvalue weighted by molar-refractivity contribution is 7.23. The molecule has 1 aliphatic heterocycles. The molecule has 0 unspecified atom stereocenters. The number of nitrogens with one attached hydrogen (secondary N) is 2. The fourth-order valence-electron chi connectivity index (χ4n) is 3.55. The van der Waals surface area contributed by atoms with E-state index in [0.29, 0.717) is 28.5 Å². The van der Waals surface area contributed by atoms with E-state index in [1.807, 2.05) is 55.5 Å². The summed E-state index contributed by atoms with van der Waals surface area (Å²) in [5.41, 5.74) is 2.91. The zero-order chi connectivity index (χ0) is 20.7. The minimum Gasteiger partial charge on any atom is -0.457 e. The SMILES string of the molecule is Cc1cc(Oc2ccccc2)ccc1N1C(=O)Nc2c(NC=O)sc3nccc1c23. The zero-order valence-corrected chi connectivity index (χ0v) is 16.7. The van der Waals surface area contributed by atoms with Gasteiger partial charge in [0.15, 0.2) is 0 Å². The maximum absolute atomic E-state index is 13.0. The van der Waals surface area contributed by atoms with Crippen molar-refractivity contribution < 1.29 is 14.3 Å². The number of benzene rings is 2. The van der Waals surface area contributed by atoms with Gasteiger partial charge >= 0.3 is 6.03 Å². The first-order valence-corrected chi connectivity index (χ1v) is 10.0. The number of ether oxygens (including phenoxy) is 1. The van der Waals surface area contributed by atoms with Gasteiger partial charge in [0, 0.05) is 6.20 Å². The van der Waals surface area contributed by atoms with Crippen LogP contribution in [-0.4, -0.2) is 17.4 Å². The lowest BCUT2D eigenvalue weighted by atomic mass is 10.1. The minimum absolute atomic E-state index is 0.304. The minimum atomic E-state index is -0.304. The van der Waals surface area contributed by atoms with Gasteiger partial charge in [-0.25, -0.2) is 9.78 Å². The van der Waals surface area contributed by atoms with Crippen molar-refractivity contribution in [3.05, 3.63) is 66.4 Å². The van der Waals surface area contributed by atoms with Gasteiger partial charge in [0.2, 0.25) is 6.41 Å². The van der Waals surface area contributed by atoms with Crippen LogP contribution in [0.4, 0.5) is 26.9 Å². The van der Waals surface area contributed by atoms with Gasteiger partial charge in [-0.1, -0.05) is 29.5 Å². The number of thiophene rings is 1. The van der Waals surface area contributed by atoms with Gasteiger partial charge in [-0.05, 0) is 48.9 Å². The quantitative estimate of drug-likeness (QED) is 0.412. The first kappa shape index (κ1) is 18.1. The number of amides is 3. The lowest BCUT2D eigenvalue weighted by Crippen LogP contribution is -2.34. The number of pyridine rings is 1. The number of aromatic nitrogens is 1. The van der Waals surface area contributed by atoms with Crippen LogP contribution in [0.1, 0.15) is 5.56 Å². The van der Waals surface area contributed by atoms with Crippen molar-refractivity contribution in [1.29, 1.82) is 0 Å². The number of hydrogen-bond acceptors (Lipinski definition) is 5. The van der Waals surface area contributed by atoms with E-state index in [4.69, 9.17) is 4.74 Å². The highest BCUT2D eigenvalue weighted by Crippen LogP contribution is 2.48. The Balaban J connectivity index is 1.57. The van der Waals surface area contributed by atoms with E-state index in [2.05, 4.69) is 15.6 Å². The number of urea groups is 1. The number of para-hydroxylation sites is 1. The molecular formula is C22H16N4O3S. The van der Waals surface area contributed by atoms with Crippen LogP contribution >= 0.6 is 11.3 Å². The van der Waals surface area contributed by atoms with Crippen LogP contribution in [0, 0.1) is 6.92 Å². The van der Waals surface area contributed by atoms with Crippen LogP contribution in [0.3, 0.4) is 0 Å². The molecular weight excluding hydrogens is 400 g/mol. The van der Waals surface area contributed by atoms with Crippen LogP contribution in [0.15, 0.2) is 60.8 Å². The van der Waals surface area contributed by atoms with Gasteiger partial charge in [-0.2, -0.15) is 0 Å². The lowest BCUT2D eigenvalue weighted by Gasteiger charge is -2.29. The summed E-state index contributed by atoms with van der Waals surface area (Å²) in [6.07, 6.45) is 2.26. The molecule has 5 rings (SSSR count). The average Bonchev–Trinajstić information content (AvgIpc) is 3.09. The molecule has 1 aliphatic rings. The van der Waals surface area contributed by atoms with Gasteiger partial charge in [0.05, 0.1) is 22.4 Å². The molecule has 0 aliphatic carbocycles. The lowest BCUT2D eigenvalue weighted by molar-refractivity contribution is -0.105. The molecule has 0 fully saturated rings. The molecule has 8 heteroatoms. The zero-order valence-electron chi connectivity index (χ0n) is 15.9. The average molecular weight is 416 g/mol. The second kappa shape index (κ2) is 7.16. The Morgan fingerprint density at radius 1 is 1.10 bits per heavy atom. The number of carbonyl (C=O) groups is 2. The Morgan fingerprint density at radius 2 is 1.93 bits per heavy atom. The molecule has 4 aromatic rings. The van der Waals surface area contributed by atoms with Crippen molar-refractivity contribution in [2.45, 2.75) is 6.92 Å². The van der Waals surface area contributed by atoms with Crippen LogP contribution in [0.5, 0.6) is 11.5 Å². The molecule has 0 saturated heterocycles. The molecule has 0 bridgehead atoms. The van der Waals surface area contributed by atoms with Crippen LogP contribution in [0.25, 0.3) is 10.2 Å². The number of hydrogen-bond donors (Lipinski definition) is 2. The van der Waals surface area contributed by atoms with E-state index in [1.165, 1.54) is 11.3 Å². The van der Waals surface area contributed by atoms with Gasteiger partial charge in [-0.15, -0.1) is 0 Å². The Hall–Kier alpha value is -3.91. The van der Waals surface area contributed by atoms with Crippen molar-refractivity contribution in [2.24, 2.45) is 0 Å². The van der Waals surface area contributed by atoms with Crippen LogP contribution < -0.4 is 20.3 Å². The van der Waals surface area contributed by atoms with Gasteiger partial charge in [0.25, 0.3) is 0 Å². The third kappa shape index (κ3) is 2.94. The molecule has 2 aromatic heterocycles. The summed E-state index contributed by atoms with van der Waals surface area (Å²) in [6, 6.07) is 16.6. The van der Waals surface area contributed by atoms with E-state index >= 15 is 0 Å². The summed E-state index contributed by atoms with van der Waals surface area (Å²) >= 11 is 1.32. The second-order valence-electron chi connectivity index (χ2n) is 6.71. The number of anilines is 4. The van der Waals surface area contributed by atoms with Crippen molar-refractivity contribution >= 4 is 56.1 Å². The van der Waals surface area contributed by atoms with Crippen molar-refractivity contribution in [1.82, 2.24) is 4.98 Å². The van der Waals surface area contributed by atoms with Gasteiger partial charge < -0.3 is 15.4 Å². The van der Waals surface area contributed by atoms with E-state index in [1.54, 1.807) is 17.2 Å². The molecule has 148 valence electrons. The maximum Gasteiger partial charge on any atom is 0.331 e. The summed E-state index contributed by atoms with van der Waals surface area (Å²) in [6.45, 7) is 1.93. The smallest absolute Gasteiger partial charge is 0.331 e. The molecule has 0 radical (unpaired) electrons. The molecule has 2 N–H and O–H groups in total. The number of nitrogens with zero attached hydrogens (tertiary/aromatic N) is 2. The number of carbonyl (C=O) groups excluding carboxylic acids is 2. The predicted octanol–water partition coefficient (Wildman–Crippen LogP) is 5.65. The highest BCUT2D eigenvalue weighted by atomic mass is 32.1. The van der Waals surface area contributed by atoms with Crippen LogP contribution in [0.2, 0.25) is 0 Å². The Morgan fingerprint density at radius 3 is 2.70 bits per heavy atom. The van der Waals surface area contributed by atoms with Crippen molar-refractivity contribution in [3.63, 3.8) is 0 Å². The van der Waals surface area contributed by atoms with Crippen molar-refractivity contribution in [3.8, 4) is 11.5 Å². The molecule has 7 nitrogen and oxygen atoms in total. The summed E-state index contributed by atoms with van der Waals surface area (Å²) in [4.78, 5) is 30.7. The van der Waals surface area contributed by atoms with E-state index < -0.39 is 0 Å². The van der Waals surface area contributed by atoms with Gasteiger partial charge in [-0.3, -0.25) is 9.69 Å². The third-order valence-electron chi connectivity index (χ3n) is 4.82. The topological polar surface area (TPSA) is 83.6 Å². The first-order chi connectivity index (χ1) is 14.7. The number of aryl methyl sites for hydroxylation is 1.